The number of hydrogen-bond acceptors (Lipinski definition) is 8. The molecule has 114 valence electrons. The molecule has 1 unspecified atom stereocenters. The van der Waals surface area contributed by atoms with Gasteiger partial charge >= 0.3 is 17.9 Å². The normalized spacial score (nSPS) is 12.9. The Bertz CT molecular complexity index is 381. The average Bonchev–Trinajstić information content (AvgIpc) is 2.38. The molecule has 0 fully saturated rings. The van der Waals surface area contributed by atoms with Crippen LogP contribution in [0.5, 0.6) is 0 Å². The minimum atomic E-state index is -1.20. The summed E-state index contributed by atoms with van der Waals surface area (Å²) < 4.78 is 13.8. The fourth-order valence-corrected chi connectivity index (χ4v) is 0.988. The monoisotopic (exact) mass is 290 g/mol. The van der Waals surface area contributed by atoms with Crippen LogP contribution >= 0.6 is 0 Å². The number of primary amides is 1. The lowest BCUT2D eigenvalue weighted by Crippen LogP contribution is -2.34. The van der Waals surface area contributed by atoms with Crippen LogP contribution in [0.15, 0.2) is 0 Å². The molecule has 0 aliphatic heterocycles. The Morgan fingerprint density at radius 1 is 1.05 bits per heavy atom. The molecular weight excluding hydrogens is 272 g/mol. The minimum Gasteiger partial charge on any atom is -0.453 e. The van der Waals surface area contributed by atoms with Crippen molar-refractivity contribution in [1.29, 1.82) is 0 Å². The third-order valence-corrected chi connectivity index (χ3v) is 1.97. The van der Waals surface area contributed by atoms with Crippen molar-refractivity contribution in [1.82, 2.24) is 0 Å². The van der Waals surface area contributed by atoms with Crippen LogP contribution in [0, 0.1) is 0 Å². The van der Waals surface area contributed by atoms with E-state index in [1.54, 1.807) is 6.92 Å². The van der Waals surface area contributed by atoms with E-state index in [9.17, 15) is 19.2 Å². The molecular formula is C11H18N2O7. The van der Waals surface area contributed by atoms with Crippen LogP contribution in [0.3, 0.4) is 0 Å². The topological polar surface area (TPSA) is 148 Å². The van der Waals surface area contributed by atoms with Gasteiger partial charge in [-0.1, -0.05) is 6.92 Å². The van der Waals surface area contributed by atoms with Gasteiger partial charge < -0.3 is 25.7 Å². The fourth-order valence-electron chi connectivity index (χ4n) is 0.988. The van der Waals surface area contributed by atoms with Crippen LogP contribution in [0.2, 0.25) is 0 Å². The van der Waals surface area contributed by atoms with Gasteiger partial charge in [-0.25, -0.2) is 9.59 Å². The van der Waals surface area contributed by atoms with Gasteiger partial charge in [-0.05, 0) is 13.3 Å². The van der Waals surface area contributed by atoms with Gasteiger partial charge in [0.05, 0.1) is 0 Å². The lowest BCUT2D eigenvalue weighted by molar-refractivity contribution is -0.173. The second-order valence-corrected chi connectivity index (χ2v) is 3.86. The first-order chi connectivity index (χ1) is 9.27. The molecule has 0 saturated heterocycles. The first kappa shape index (κ1) is 17.8. The highest BCUT2D eigenvalue weighted by molar-refractivity contribution is 5.84. The van der Waals surface area contributed by atoms with Crippen LogP contribution in [0.25, 0.3) is 0 Å². The Morgan fingerprint density at radius 3 is 2.05 bits per heavy atom. The third kappa shape index (κ3) is 7.31. The first-order valence-corrected chi connectivity index (χ1v) is 5.84. The molecule has 9 nitrogen and oxygen atoms in total. The van der Waals surface area contributed by atoms with E-state index < -0.39 is 49.2 Å². The van der Waals surface area contributed by atoms with Crippen molar-refractivity contribution in [2.75, 3.05) is 13.2 Å². The van der Waals surface area contributed by atoms with Crippen molar-refractivity contribution in [3.8, 4) is 0 Å². The maximum atomic E-state index is 11.4. The number of ether oxygens (including phenoxy) is 3. The molecule has 0 radical (unpaired) electrons. The average molecular weight is 290 g/mol. The largest absolute Gasteiger partial charge is 0.453 e. The molecule has 9 heteroatoms. The molecule has 0 aromatic carbocycles. The Balaban J connectivity index is 4.21. The molecule has 1 amide bonds. The molecule has 0 bridgehead atoms. The van der Waals surface area contributed by atoms with Crippen LogP contribution in [0.1, 0.15) is 20.3 Å². The second-order valence-electron chi connectivity index (χ2n) is 3.86. The standard InChI is InChI=1S/C11H18N2O7/c1-3-7(11(17)18-4-8(13)14)20-9(15)5-19-10(16)6(2)12/h6-7H,3-5,12H2,1-2H3,(H2,13,14)/t6-,7?/m0/s1. The molecule has 0 aliphatic rings. The quantitative estimate of drug-likeness (QED) is 0.394. The highest BCUT2D eigenvalue weighted by atomic mass is 16.6. The number of nitrogens with two attached hydrogens (primary N) is 2. The molecule has 0 aliphatic carbocycles. The predicted molar refractivity (Wildman–Crippen MR) is 64.9 cm³/mol. The molecule has 2 atom stereocenters. The summed E-state index contributed by atoms with van der Waals surface area (Å²) in [5, 5.41) is 0. The summed E-state index contributed by atoms with van der Waals surface area (Å²) in [6, 6.07) is -0.870. The second kappa shape index (κ2) is 8.86. The summed E-state index contributed by atoms with van der Waals surface area (Å²) in [5.74, 6) is -3.43. The SMILES string of the molecule is CCC(OC(=O)COC(=O)[C@H](C)N)C(=O)OCC(N)=O. The van der Waals surface area contributed by atoms with E-state index in [2.05, 4.69) is 9.47 Å². The van der Waals surface area contributed by atoms with Gasteiger partial charge in [0.15, 0.2) is 19.3 Å². The smallest absolute Gasteiger partial charge is 0.347 e. The maximum absolute atomic E-state index is 11.4. The van der Waals surface area contributed by atoms with E-state index in [4.69, 9.17) is 16.2 Å². The number of carbonyl (C=O) groups is 4. The molecule has 0 spiro atoms. The molecule has 0 aromatic rings. The first-order valence-electron chi connectivity index (χ1n) is 5.84. The van der Waals surface area contributed by atoms with Crippen molar-refractivity contribution in [2.45, 2.75) is 32.4 Å². The van der Waals surface area contributed by atoms with Gasteiger partial charge in [0.2, 0.25) is 0 Å². The molecule has 0 saturated carbocycles. The number of carbonyl (C=O) groups excluding carboxylic acids is 4. The number of rotatable bonds is 8. The number of esters is 3. The van der Waals surface area contributed by atoms with E-state index in [0.717, 1.165) is 0 Å². The predicted octanol–water partition coefficient (Wildman–Crippen LogP) is -1.77. The summed E-state index contributed by atoms with van der Waals surface area (Å²) in [6.45, 7) is 1.69. The molecule has 0 rings (SSSR count). The maximum Gasteiger partial charge on any atom is 0.347 e. The Hall–Kier alpha value is -2.16. The van der Waals surface area contributed by atoms with Gasteiger partial charge in [0.25, 0.3) is 5.91 Å². The van der Waals surface area contributed by atoms with E-state index in [1.165, 1.54) is 6.92 Å². The van der Waals surface area contributed by atoms with E-state index in [1.807, 2.05) is 0 Å². The van der Waals surface area contributed by atoms with Crippen molar-refractivity contribution < 1.29 is 33.4 Å². The van der Waals surface area contributed by atoms with E-state index in [0.29, 0.717) is 0 Å². The minimum absolute atomic E-state index is 0.130. The number of amides is 1. The zero-order valence-electron chi connectivity index (χ0n) is 11.3. The van der Waals surface area contributed by atoms with Crippen molar-refractivity contribution in [2.24, 2.45) is 11.5 Å². The zero-order chi connectivity index (χ0) is 15.7. The summed E-state index contributed by atoms with van der Waals surface area (Å²) in [4.78, 5) is 44.2. The lowest BCUT2D eigenvalue weighted by atomic mass is 10.3. The van der Waals surface area contributed by atoms with Crippen LogP contribution in [0.4, 0.5) is 0 Å². The molecule has 0 heterocycles. The lowest BCUT2D eigenvalue weighted by Gasteiger charge is -2.15. The molecule has 4 N–H and O–H groups in total. The van der Waals surface area contributed by atoms with Gasteiger partial charge in [-0.3, -0.25) is 9.59 Å². The van der Waals surface area contributed by atoms with Crippen molar-refractivity contribution in [3.63, 3.8) is 0 Å². The Morgan fingerprint density at radius 2 is 1.60 bits per heavy atom. The van der Waals surface area contributed by atoms with Gasteiger partial charge in [-0.2, -0.15) is 0 Å². The van der Waals surface area contributed by atoms with Crippen LogP contribution in [-0.2, 0) is 33.4 Å². The van der Waals surface area contributed by atoms with Crippen molar-refractivity contribution in [3.05, 3.63) is 0 Å². The fraction of sp³-hybridized carbons (Fsp3) is 0.636. The Kier molecular flexibility index (Phi) is 7.90. The molecule has 0 aromatic heterocycles. The van der Waals surface area contributed by atoms with Crippen LogP contribution < -0.4 is 11.5 Å². The van der Waals surface area contributed by atoms with Gasteiger partial charge in [0, 0.05) is 0 Å². The van der Waals surface area contributed by atoms with E-state index >= 15 is 0 Å². The third-order valence-electron chi connectivity index (χ3n) is 1.97. The van der Waals surface area contributed by atoms with Crippen LogP contribution in [-0.4, -0.2) is 49.2 Å². The van der Waals surface area contributed by atoms with Gasteiger partial charge in [0.1, 0.15) is 6.04 Å². The van der Waals surface area contributed by atoms with Crippen molar-refractivity contribution >= 4 is 23.8 Å². The zero-order valence-corrected chi connectivity index (χ0v) is 11.3. The summed E-state index contributed by atoms with van der Waals surface area (Å²) in [5.41, 5.74) is 10.0. The molecule has 20 heavy (non-hydrogen) atoms. The number of hydrogen-bond donors (Lipinski definition) is 2. The summed E-state index contributed by atoms with van der Waals surface area (Å²) in [6.07, 6.45) is -1.07. The summed E-state index contributed by atoms with van der Waals surface area (Å²) in [7, 11) is 0. The van der Waals surface area contributed by atoms with Gasteiger partial charge in [-0.15, -0.1) is 0 Å². The Labute approximate surface area is 115 Å². The highest BCUT2D eigenvalue weighted by Crippen LogP contribution is 2.02. The highest BCUT2D eigenvalue weighted by Gasteiger charge is 2.24. The van der Waals surface area contributed by atoms with E-state index in [-0.39, 0.29) is 6.42 Å². The summed E-state index contributed by atoms with van der Waals surface area (Å²) >= 11 is 0.